The number of nitriles is 1. The highest BCUT2D eigenvalue weighted by Gasteiger charge is 2.34. The number of benzene rings is 1. The Morgan fingerprint density at radius 3 is 2.49 bits per heavy atom. The van der Waals surface area contributed by atoms with Gasteiger partial charge in [0.05, 0.1) is 46.3 Å². The molecular weight excluding hydrogens is 563 g/mol. The van der Waals surface area contributed by atoms with E-state index in [0.717, 1.165) is 9.36 Å². The van der Waals surface area contributed by atoms with Gasteiger partial charge in [0.15, 0.2) is 11.5 Å². The Bertz CT molecular complexity index is 1680. The lowest BCUT2D eigenvalue weighted by atomic mass is 10.0. The molecule has 4 aromatic rings. The molecule has 0 atom stereocenters. The van der Waals surface area contributed by atoms with E-state index < -0.39 is 29.2 Å². The van der Waals surface area contributed by atoms with Crippen molar-refractivity contribution in [2.75, 3.05) is 5.32 Å². The highest BCUT2D eigenvalue weighted by atomic mass is 35.5. The largest absolute Gasteiger partial charge is 0.436 e. The number of rotatable bonds is 6. The third-order valence-corrected chi connectivity index (χ3v) is 5.82. The molecule has 0 bridgehead atoms. The van der Waals surface area contributed by atoms with Crippen molar-refractivity contribution in [3.63, 3.8) is 0 Å². The van der Waals surface area contributed by atoms with E-state index in [1.54, 1.807) is 33.8 Å². The van der Waals surface area contributed by atoms with Crippen LogP contribution in [0.4, 0.5) is 18.9 Å². The molecule has 0 aliphatic rings. The Kier molecular flexibility index (Phi) is 7.85. The number of alkyl halides is 3. The van der Waals surface area contributed by atoms with Gasteiger partial charge in [0.25, 0.3) is 11.8 Å². The first-order valence-electron chi connectivity index (χ1n) is 12.0. The van der Waals surface area contributed by atoms with Crippen LogP contribution < -0.4 is 10.6 Å². The molecule has 3 heterocycles. The second-order valence-electron chi connectivity index (χ2n) is 10.0. The summed E-state index contributed by atoms with van der Waals surface area (Å²) >= 11 is 6.31. The predicted octanol–water partition coefficient (Wildman–Crippen LogP) is 4.54. The third kappa shape index (κ3) is 6.69. The smallest absolute Gasteiger partial charge is 0.347 e. The lowest BCUT2D eigenvalue weighted by Gasteiger charge is -2.22. The fraction of sp³-hybridized carbons (Fsp3) is 0.269. The average Bonchev–Trinajstić information content (AvgIpc) is 3.52. The summed E-state index contributed by atoms with van der Waals surface area (Å²) in [6.45, 7) is 6.73. The van der Waals surface area contributed by atoms with Gasteiger partial charge in [-0.05, 0) is 63.6 Å². The number of halogens is 4. The molecule has 4 rings (SSSR count). The van der Waals surface area contributed by atoms with Gasteiger partial charge >= 0.3 is 6.18 Å². The van der Waals surface area contributed by atoms with E-state index in [0.29, 0.717) is 11.8 Å². The first-order valence-corrected chi connectivity index (χ1v) is 12.4. The molecule has 0 aliphatic heterocycles. The number of hydrogen-bond acceptors (Lipinski definition) is 7. The molecule has 0 aliphatic carbocycles. The third-order valence-electron chi connectivity index (χ3n) is 5.52. The van der Waals surface area contributed by atoms with Gasteiger partial charge in [0.2, 0.25) is 0 Å². The van der Waals surface area contributed by atoms with E-state index in [2.05, 4.69) is 31.0 Å². The Morgan fingerprint density at radius 1 is 1.15 bits per heavy atom. The highest BCUT2D eigenvalue weighted by Crippen LogP contribution is 2.28. The fourth-order valence-corrected chi connectivity index (χ4v) is 4.02. The predicted molar refractivity (Wildman–Crippen MR) is 142 cm³/mol. The standard InChI is InChI=1S/C26H23ClF3N9O2/c1-14-8-15(11-31)9-17(23(40)34-25(2,3)4)21(14)33-24(41)19-10-16(12-38-13-20(35-37-38)26(28,29)30)36-39(19)22-18(27)6-5-7-32-22/h5-10,13H,12H2,1-4H3,(H,33,41)(H,34,40). The molecule has 3 aromatic heterocycles. The van der Waals surface area contributed by atoms with E-state index in [4.69, 9.17) is 11.6 Å². The van der Waals surface area contributed by atoms with Gasteiger partial charge in [-0.25, -0.2) is 14.3 Å². The van der Waals surface area contributed by atoms with Crippen LogP contribution in [0.5, 0.6) is 0 Å². The molecular formula is C26H23ClF3N9O2. The quantitative estimate of drug-likeness (QED) is 0.338. The fourth-order valence-electron chi connectivity index (χ4n) is 3.82. The van der Waals surface area contributed by atoms with Crippen molar-refractivity contribution in [3.8, 4) is 11.9 Å². The van der Waals surface area contributed by atoms with Crippen molar-refractivity contribution in [1.82, 2.24) is 35.1 Å². The summed E-state index contributed by atoms with van der Waals surface area (Å²) in [6, 6.07) is 9.32. The molecule has 0 saturated heterocycles. The zero-order chi connectivity index (χ0) is 30.1. The lowest BCUT2D eigenvalue weighted by Crippen LogP contribution is -2.41. The number of carbonyl (C=O) groups is 2. The minimum atomic E-state index is -4.68. The van der Waals surface area contributed by atoms with Gasteiger partial charge in [-0.15, -0.1) is 5.10 Å². The van der Waals surface area contributed by atoms with Crippen LogP contribution in [-0.4, -0.2) is 47.1 Å². The molecule has 0 unspecified atom stereocenters. The highest BCUT2D eigenvalue weighted by molar-refractivity contribution is 6.32. The maximum absolute atomic E-state index is 13.7. The number of aromatic nitrogens is 6. The minimum Gasteiger partial charge on any atom is -0.347 e. The summed E-state index contributed by atoms with van der Waals surface area (Å²) in [5.41, 5.74) is -0.831. The molecule has 2 amide bonds. The first-order chi connectivity index (χ1) is 19.2. The summed E-state index contributed by atoms with van der Waals surface area (Å²) < 4.78 is 41.0. The van der Waals surface area contributed by atoms with Gasteiger partial charge in [-0.1, -0.05) is 16.8 Å². The second kappa shape index (κ2) is 11.0. The second-order valence-corrected chi connectivity index (χ2v) is 10.4. The van der Waals surface area contributed by atoms with Gasteiger partial charge in [-0.2, -0.15) is 23.5 Å². The normalized spacial score (nSPS) is 11.7. The van der Waals surface area contributed by atoms with Crippen LogP contribution in [0.15, 0.2) is 42.7 Å². The maximum atomic E-state index is 13.7. The Hall–Kier alpha value is -4.77. The van der Waals surface area contributed by atoms with Crippen LogP contribution in [0.1, 0.15) is 64.1 Å². The number of pyridine rings is 1. The van der Waals surface area contributed by atoms with Crippen LogP contribution in [0.25, 0.3) is 5.82 Å². The SMILES string of the molecule is Cc1cc(C#N)cc(C(=O)NC(C)(C)C)c1NC(=O)c1cc(Cn2cc(C(F)(F)F)nn2)nn1-c1ncccc1Cl. The van der Waals surface area contributed by atoms with E-state index in [1.807, 2.05) is 6.07 Å². The van der Waals surface area contributed by atoms with Gasteiger partial charge in [0.1, 0.15) is 5.69 Å². The zero-order valence-corrected chi connectivity index (χ0v) is 23.0. The van der Waals surface area contributed by atoms with Crippen molar-refractivity contribution >= 4 is 29.1 Å². The van der Waals surface area contributed by atoms with Crippen LogP contribution in [0.2, 0.25) is 5.02 Å². The number of nitrogens with one attached hydrogen (secondary N) is 2. The molecule has 0 fully saturated rings. The van der Waals surface area contributed by atoms with Gasteiger partial charge in [-0.3, -0.25) is 9.59 Å². The number of hydrogen-bond donors (Lipinski definition) is 2. The van der Waals surface area contributed by atoms with E-state index >= 15 is 0 Å². The lowest BCUT2D eigenvalue weighted by molar-refractivity contribution is -0.141. The molecule has 0 saturated carbocycles. The number of anilines is 1. The molecule has 0 radical (unpaired) electrons. The minimum absolute atomic E-state index is 0.0641. The molecule has 11 nitrogen and oxygen atoms in total. The maximum Gasteiger partial charge on any atom is 0.436 e. The Labute approximate surface area is 236 Å². The van der Waals surface area contributed by atoms with Crippen LogP contribution in [0, 0.1) is 18.3 Å². The van der Waals surface area contributed by atoms with Crippen LogP contribution in [-0.2, 0) is 12.7 Å². The van der Waals surface area contributed by atoms with Gasteiger partial charge in [0, 0.05) is 11.7 Å². The number of carbonyl (C=O) groups excluding carboxylic acids is 2. The number of nitrogens with zero attached hydrogens (tertiary/aromatic N) is 7. The summed E-state index contributed by atoms with van der Waals surface area (Å²) in [6.07, 6.45) is -2.54. The Balaban J connectivity index is 1.76. The van der Waals surface area contributed by atoms with Crippen molar-refractivity contribution in [2.45, 2.75) is 46.0 Å². The molecule has 2 N–H and O–H groups in total. The summed E-state index contributed by atoms with van der Waals surface area (Å²) in [5, 5.41) is 26.1. The van der Waals surface area contributed by atoms with Crippen LogP contribution >= 0.6 is 11.6 Å². The monoisotopic (exact) mass is 585 g/mol. The summed E-state index contributed by atoms with van der Waals surface area (Å²) in [5.74, 6) is -1.15. The van der Waals surface area contributed by atoms with E-state index in [-0.39, 0.29) is 45.6 Å². The number of aryl methyl sites for hydroxylation is 1. The summed E-state index contributed by atoms with van der Waals surface area (Å²) in [7, 11) is 0. The number of amides is 2. The van der Waals surface area contributed by atoms with Gasteiger partial charge < -0.3 is 10.6 Å². The summed E-state index contributed by atoms with van der Waals surface area (Å²) in [4.78, 5) is 31.0. The average molecular weight is 586 g/mol. The molecule has 41 heavy (non-hydrogen) atoms. The van der Waals surface area contributed by atoms with Crippen molar-refractivity contribution < 1.29 is 22.8 Å². The van der Waals surface area contributed by atoms with E-state index in [9.17, 15) is 28.0 Å². The van der Waals surface area contributed by atoms with E-state index in [1.165, 1.54) is 30.5 Å². The van der Waals surface area contributed by atoms with Crippen LogP contribution in [0.3, 0.4) is 0 Å². The topological polar surface area (TPSA) is 143 Å². The Morgan fingerprint density at radius 2 is 1.88 bits per heavy atom. The molecule has 0 spiro atoms. The zero-order valence-electron chi connectivity index (χ0n) is 22.2. The molecule has 15 heteroatoms. The molecule has 212 valence electrons. The van der Waals surface area contributed by atoms with Crippen molar-refractivity contribution in [2.24, 2.45) is 0 Å². The molecule has 1 aromatic carbocycles. The first kappa shape index (κ1) is 29.2. The van der Waals surface area contributed by atoms with Crippen molar-refractivity contribution in [3.05, 3.63) is 81.5 Å². The van der Waals surface area contributed by atoms with Crippen molar-refractivity contribution in [1.29, 1.82) is 5.26 Å².